The molecule has 2 aromatic rings. The molecule has 2 aliphatic rings. The van der Waals surface area contributed by atoms with Gasteiger partial charge in [0.05, 0.1) is 23.8 Å². The molecule has 164 valence electrons. The summed E-state index contributed by atoms with van der Waals surface area (Å²) in [6.45, 7) is 3.75. The third-order valence-electron chi connectivity index (χ3n) is 6.22. The predicted octanol–water partition coefficient (Wildman–Crippen LogP) is 2.69. The first kappa shape index (κ1) is 21.5. The van der Waals surface area contributed by atoms with Gasteiger partial charge < -0.3 is 24.7 Å². The van der Waals surface area contributed by atoms with Crippen LogP contribution >= 0.6 is 0 Å². The molecule has 0 saturated heterocycles. The van der Waals surface area contributed by atoms with Gasteiger partial charge in [-0.15, -0.1) is 0 Å². The largest absolute Gasteiger partial charge is 0.488 e. The fraction of sp³-hybridized carbons (Fsp3) is 0.417. The van der Waals surface area contributed by atoms with Crippen molar-refractivity contribution in [2.24, 2.45) is 4.99 Å². The van der Waals surface area contributed by atoms with Gasteiger partial charge in [0, 0.05) is 54.4 Å². The first-order chi connectivity index (χ1) is 14.8. The van der Waals surface area contributed by atoms with Gasteiger partial charge in [-0.25, -0.2) is 0 Å². The van der Waals surface area contributed by atoms with Gasteiger partial charge in [-0.05, 0) is 11.6 Å². The number of aliphatic hydroxyl groups is 2. The number of nitrogens with one attached hydrogen (secondary N) is 1. The molecule has 2 atom stereocenters. The molecule has 7 heteroatoms. The number of Topliss-reactive ketones (excluding diaryl/α,β-unsaturated/α-hetero) is 1. The SMILES string of the molecule is C/N=C\c1ccc2c3c([nH]c2c1OC[C@H](O)CO)C(C)(C)C1=C(C=CC(OC)C1)C3=O. The number of H-pyrrole nitrogens is 1. The minimum absolute atomic E-state index is 0.0142. The number of methoxy groups -OCH3 is 1. The second-order valence-corrected chi connectivity index (χ2v) is 8.50. The number of allylic oxidation sites excluding steroid dienone is 2. The number of fused-ring (bicyclic) bond motifs is 3. The van der Waals surface area contributed by atoms with Gasteiger partial charge in [0.25, 0.3) is 0 Å². The summed E-state index contributed by atoms with van der Waals surface area (Å²) < 4.78 is 11.4. The molecule has 0 amide bonds. The third kappa shape index (κ3) is 3.43. The zero-order valence-corrected chi connectivity index (χ0v) is 18.2. The molecule has 4 rings (SSSR count). The highest BCUT2D eigenvalue weighted by molar-refractivity contribution is 6.21. The fourth-order valence-electron chi connectivity index (χ4n) is 4.52. The molecule has 7 nitrogen and oxygen atoms in total. The molecular formula is C24H28N2O5. The van der Waals surface area contributed by atoms with E-state index in [2.05, 4.69) is 23.8 Å². The van der Waals surface area contributed by atoms with E-state index in [-0.39, 0.29) is 18.5 Å². The number of nitrogens with zero attached hydrogens (tertiary/aromatic N) is 1. The summed E-state index contributed by atoms with van der Waals surface area (Å²) in [5.41, 5.74) is 4.27. The first-order valence-corrected chi connectivity index (χ1v) is 10.4. The van der Waals surface area contributed by atoms with Gasteiger partial charge in [-0.3, -0.25) is 9.79 Å². The Morgan fingerprint density at radius 3 is 2.84 bits per heavy atom. The Balaban J connectivity index is 1.90. The Labute approximate surface area is 181 Å². The lowest BCUT2D eigenvalue weighted by atomic mass is 9.68. The quantitative estimate of drug-likeness (QED) is 0.619. The van der Waals surface area contributed by atoms with Crippen LogP contribution < -0.4 is 4.74 Å². The van der Waals surface area contributed by atoms with Crippen molar-refractivity contribution in [1.29, 1.82) is 0 Å². The van der Waals surface area contributed by atoms with Gasteiger partial charge in [-0.2, -0.15) is 0 Å². The molecule has 0 aliphatic heterocycles. The lowest BCUT2D eigenvalue weighted by Gasteiger charge is -2.37. The Hall–Kier alpha value is -2.74. The number of rotatable bonds is 6. The highest BCUT2D eigenvalue weighted by Crippen LogP contribution is 2.48. The van der Waals surface area contributed by atoms with E-state index in [0.717, 1.165) is 27.8 Å². The summed E-state index contributed by atoms with van der Waals surface area (Å²) in [5, 5.41) is 19.7. The second-order valence-electron chi connectivity index (χ2n) is 8.50. The van der Waals surface area contributed by atoms with Crippen LogP contribution in [0.25, 0.3) is 10.9 Å². The Morgan fingerprint density at radius 1 is 1.39 bits per heavy atom. The zero-order chi connectivity index (χ0) is 22.3. The smallest absolute Gasteiger partial charge is 0.195 e. The van der Waals surface area contributed by atoms with E-state index in [1.165, 1.54) is 0 Å². The minimum Gasteiger partial charge on any atom is -0.488 e. The van der Waals surface area contributed by atoms with Crippen molar-refractivity contribution in [3.8, 4) is 5.75 Å². The molecule has 2 aliphatic carbocycles. The average Bonchev–Trinajstić information content (AvgIpc) is 3.17. The van der Waals surface area contributed by atoms with Gasteiger partial charge in [-0.1, -0.05) is 32.1 Å². The maximum atomic E-state index is 13.5. The normalized spacial score (nSPS) is 21.0. The van der Waals surface area contributed by atoms with Crippen molar-refractivity contribution in [2.45, 2.75) is 37.9 Å². The molecule has 0 fully saturated rings. The van der Waals surface area contributed by atoms with Gasteiger partial charge in [0.2, 0.25) is 0 Å². The number of carbonyl (C=O) groups is 1. The van der Waals surface area contributed by atoms with Crippen LogP contribution in [0.5, 0.6) is 5.75 Å². The number of hydrogen-bond acceptors (Lipinski definition) is 6. The number of hydrogen-bond donors (Lipinski definition) is 3. The van der Waals surface area contributed by atoms with Crippen molar-refractivity contribution in [3.63, 3.8) is 0 Å². The molecule has 1 unspecified atom stereocenters. The molecule has 31 heavy (non-hydrogen) atoms. The lowest BCUT2D eigenvalue weighted by Crippen LogP contribution is -2.34. The third-order valence-corrected chi connectivity index (χ3v) is 6.22. The molecule has 0 radical (unpaired) electrons. The van der Waals surface area contributed by atoms with Crippen molar-refractivity contribution < 1.29 is 24.5 Å². The molecule has 0 bridgehead atoms. The average molecular weight is 424 g/mol. The van der Waals surface area contributed by atoms with Gasteiger partial charge in [0.15, 0.2) is 11.5 Å². The highest BCUT2D eigenvalue weighted by Gasteiger charge is 2.42. The van der Waals surface area contributed by atoms with Crippen molar-refractivity contribution in [1.82, 2.24) is 4.98 Å². The standard InChI is InChI=1S/C24H28N2O5/c1-24(2)18-9-15(30-4)6-8-16(18)21(29)19-17-7-5-13(10-25-3)22(20(17)26-23(19)24)31-12-14(28)11-27/h5-8,10,14-15,26-28H,9,11-12H2,1-4H3/b25-10-/t14-,15?/m1/s1. The summed E-state index contributed by atoms with van der Waals surface area (Å²) in [6.07, 6.45) is 5.09. The fourth-order valence-corrected chi connectivity index (χ4v) is 4.52. The van der Waals surface area contributed by atoms with E-state index >= 15 is 0 Å². The summed E-state index contributed by atoms with van der Waals surface area (Å²) in [5.74, 6) is 0.483. The second kappa shape index (κ2) is 8.07. The van der Waals surface area contributed by atoms with Crippen molar-refractivity contribution in [3.05, 3.63) is 52.3 Å². The molecule has 0 saturated carbocycles. The van der Waals surface area contributed by atoms with Crippen LogP contribution in [0.15, 0.2) is 40.4 Å². The molecule has 1 aromatic carbocycles. The van der Waals surface area contributed by atoms with Gasteiger partial charge >= 0.3 is 0 Å². The number of aliphatic hydroxyl groups excluding tert-OH is 2. The van der Waals surface area contributed by atoms with Crippen LogP contribution in [0.4, 0.5) is 0 Å². The van der Waals surface area contributed by atoms with E-state index < -0.39 is 18.1 Å². The summed E-state index contributed by atoms with van der Waals surface area (Å²) in [7, 11) is 3.34. The minimum atomic E-state index is -1.01. The van der Waals surface area contributed by atoms with Crippen LogP contribution in [0, 0.1) is 0 Å². The van der Waals surface area contributed by atoms with E-state index in [1.807, 2.05) is 24.3 Å². The first-order valence-electron chi connectivity index (χ1n) is 10.4. The summed E-state index contributed by atoms with van der Waals surface area (Å²) >= 11 is 0. The van der Waals surface area contributed by atoms with Crippen molar-refractivity contribution in [2.75, 3.05) is 27.4 Å². The van der Waals surface area contributed by atoms with Gasteiger partial charge in [0.1, 0.15) is 12.7 Å². The summed E-state index contributed by atoms with van der Waals surface area (Å²) in [4.78, 5) is 21.1. The number of ether oxygens (including phenoxy) is 2. The van der Waals surface area contributed by atoms with Crippen molar-refractivity contribution >= 4 is 22.9 Å². The molecule has 3 N–H and O–H groups in total. The monoisotopic (exact) mass is 424 g/mol. The van der Waals surface area contributed by atoms with Crippen LogP contribution in [-0.2, 0) is 10.2 Å². The van der Waals surface area contributed by atoms with E-state index in [0.29, 0.717) is 23.3 Å². The Bertz CT molecular complexity index is 1120. The molecule has 0 spiro atoms. The number of benzene rings is 1. The highest BCUT2D eigenvalue weighted by atomic mass is 16.5. The zero-order valence-electron chi connectivity index (χ0n) is 18.2. The Kier molecular flexibility index (Phi) is 5.60. The number of aromatic amines is 1. The summed E-state index contributed by atoms with van der Waals surface area (Å²) in [6, 6.07) is 3.76. The molecule has 1 heterocycles. The number of aromatic nitrogens is 1. The number of ketones is 1. The molecule has 1 aromatic heterocycles. The predicted molar refractivity (Wildman–Crippen MR) is 119 cm³/mol. The van der Waals surface area contributed by atoms with E-state index in [1.54, 1.807) is 20.4 Å². The van der Waals surface area contributed by atoms with E-state index in [4.69, 9.17) is 14.6 Å². The number of carbonyl (C=O) groups excluding carboxylic acids is 1. The molecular weight excluding hydrogens is 396 g/mol. The maximum Gasteiger partial charge on any atom is 0.195 e. The van der Waals surface area contributed by atoms with Crippen LogP contribution in [0.1, 0.15) is 41.9 Å². The number of aliphatic imine (C=N–C) groups is 1. The van der Waals surface area contributed by atoms with E-state index in [9.17, 15) is 9.90 Å². The topological polar surface area (TPSA) is 104 Å². The lowest BCUT2D eigenvalue weighted by molar-refractivity contribution is 0.0540. The Morgan fingerprint density at radius 2 is 2.16 bits per heavy atom. The van der Waals surface area contributed by atoms with Crippen LogP contribution in [0.3, 0.4) is 0 Å². The maximum absolute atomic E-state index is 13.5. The van der Waals surface area contributed by atoms with Crippen LogP contribution in [0.2, 0.25) is 0 Å². The van der Waals surface area contributed by atoms with Crippen LogP contribution in [-0.4, -0.2) is 66.8 Å².